The highest BCUT2D eigenvalue weighted by Crippen LogP contribution is 2.46. The van der Waals surface area contributed by atoms with Crippen LogP contribution in [0.1, 0.15) is 52.1 Å². The quantitative estimate of drug-likeness (QED) is 0.370. The third-order valence-corrected chi connectivity index (χ3v) is 8.09. The Morgan fingerprint density at radius 1 is 0.975 bits per heavy atom. The van der Waals surface area contributed by atoms with Crippen molar-refractivity contribution in [1.29, 1.82) is 0 Å². The Hall–Kier alpha value is -3.39. The van der Waals surface area contributed by atoms with Crippen LogP contribution in [-0.4, -0.2) is 54.0 Å². The molecule has 3 aromatic rings. The molecule has 2 amide bonds. The predicted octanol–water partition coefficient (Wildman–Crippen LogP) is 5.27. The number of carbonyl (C=O) groups excluding carboxylic acids is 3. The summed E-state index contributed by atoms with van der Waals surface area (Å²) in [7, 11) is 1.27. The molecule has 2 atom stereocenters. The highest BCUT2D eigenvalue weighted by molar-refractivity contribution is 6.30. The van der Waals surface area contributed by atoms with Gasteiger partial charge in [-0.25, -0.2) is 4.79 Å². The number of aliphatic hydroxyl groups is 1. The average molecular weight is 584 g/mol. The molecular formula is C31H32Cl2N2O5. The molecule has 1 aliphatic heterocycles. The van der Waals surface area contributed by atoms with Crippen LogP contribution in [0.3, 0.4) is 0 Å². The van der Waals surface area contributed by atoms with Crippen molar-refractivity contribution in [2.75, 3.05) is 20.2 Å². The second-order valence-corrected chi connectivity index (χ2v) is 11.6. The Morgan fingerprint density at radius 3 is 2.17 bits per heavy atom. The fourth-order valence-electron chi connectivity index (χ4n) is 5.19. The van der Waals surface area contributed by atoms with E-state index >= 15 is 0 Å². The SMILES string of the molecule is COC(=O)c1cccc(C(=O)N[C@H](Cc2ccc(Cl)cc2)C(=O)N2CC[C@](O)(c3ccc(Cl)cc3)C(C)(C)C2)c1. The smallest absolute Gasteiger partial charge is 0.337 e. The maximum absolute atomic E-state index is 13.9. The Balaban J connectivity index is 1.58. The van der Waals surface area contributed by atoms with E-state index in [0.717, 1.165) is 11.1 Å². The number of esters is 1. The van der Waals surface area contributed by atoms with E-state index in [0.29, 0.717) is 23.0 Å². The summed E-state index contributed by atoms with van der Waals surface area (Å²) in [6.07, 6.45) is 0.549. The zero-order valence-electron chi connectivity index (χ0n) is 22.6. The van der Waals surface area contributed by atoms with E-state index in [-0.39, 0.29) is 30.0 Å². The van der Waals surface area contributed by atoms with Crippen LogP contribution < -0.4 is 5.32 Å². The lowest BCUT2D eigenvalue weighted by molar-refractivity contribution is -0.154. The van der Waals surface area contributed by atoms with Crippen molar-refractivity contribution in [3.63, 3.8) is 0 Å². The van der Waals surface area contributed by atoms with Crippen molar-refractivity contribution in [3.8, 4) is 0 Å². The summed E-state index contributed by atoms with van der Waals surface area (Å²) < 4.78 is 4.76. The van der Waals surface area contributed by atoms with Gasteiger partial charge in [-0.3, -0.25) is 9.59 Å². The van der Waals surface area contributed by atoms with E-state index in [9.17, 15) is 19.5 Å². The Labute approximate surface area is 244 Å². The molecule has 4 rings (SSSR count). The van der Waals surface area contributed by atoms with Crippen molar-refractivity contribution >= 4 is 41.0 Å². The summed E-state index contributed by atoms with van der Waals surface area (Å²) in [6, 6.07) is 19.5. The normalized spacial score (nSPS) is 19.0. The molecule has 0 spiro atoms. The van der Waals surface area contributed by atoms with Gasteiger partial charge < -0.3 is 20.1 Å². The minimum Gasteiger partial charge on any atom is -0.465 e. The number of nitrogens with zero attached hydrogens (tertiary/aromatic N) is 1. The summed E-state index contributed by atoms with van der Waals surface area (Å²) in [5, 5.41) is 15.8. The van der Waals surface area contributed by atoms with Crippen LogP contribution in [0.15, 0.2) is 72.8 Å². The predicted molar refractivity (Wildman–Crippen MR) is 155 cm³/mol. The van der Waals surface area contributed by atoms with E-state index in [1.807, 2.05) is 38.1 Å². The number of hydrogen-bond donors (Lipinski definition) is 2. The molecule has 7 nitrogen and oxygen atoms in total. The number of benzene rings is 3. The molecule has 1 fully saturated rings. The van der Waals surface area contributed by atoms with Crippen LogP contribution in [0, 0.1) is 5.41 Å². The third-order valence-electron chi connectivity index (χ3n) is 7.59. The second kappa shape index (κ2) is 12.0. The number of rotatable bonds is 7. The number of ether oxygens (including phenoxy) is 1. The number of likely N-dealkylation sites (tertiary alicyclic amines) is 1. The molecular weight excluding hydrogens is 551 g/mol. The molecule has 0 saturated carbocycles. The van der Waals surface area contributed by atoms with E-state index in [4.69, 9.17) is 27.9 Å². The topological polar surface area (TPSA) is 95.9 Å². The zero-order valence-corrected chi connectivity index (χ0v) is 24.1. The maximum atomic E-state index is 13.9. The number of methoxy groups -OCH3 is 1. The minimum absolute atomic E-state index is 0.230. The molecule has 0 unspecified atom stereocenters. The van der Waals surface area contributed by atoms with E-state index in [1.165, 1.54) is 13.2 Å². The van der Waals surface area contributed by atoms with Crippen molar-refractivity contribution in [3.05, 3.63) is 105 Å². The number of amides is 2. The number of halogens is 2. The fraction of sp³-hybridized carbons (Fsp3) is 0.323. The molecule has 3 aromatic carbocycles. The van der Waals surface area contributed by atoms with E-state index in [1.54, 1.807) is 47.4 Å². The van der Waals surface area contributed by atoms with Gasteiger partial charge in [-0.15, -0.1) is 0 Å². The molecule has 210 valence electrons. The van der Waals surface area contributed by atoms with E-state index in [2.05, 4.69) is 5.32 Å². The molecule has 2 N–H and O–H groups in total. The first-order valence-corrected chi connectivity index (χ1v) is 13.7. The van der Waals surface area contributed by atoms with Crippen LogP contribution in [-0.2, 0) is 21.6 Å². The van der Waals surface area contributed by atoms with Gasteiger partial charge in [-0.1, -0.05) is 67.4 Å². The Kier molecular flexibility index (Phi) is 8.88. The fourth-order valence-corrected chi connectivity index (χ4v) is 5.45. The number of hydrogen-bond acceptors (Lipinski definition) is 5. The molecule has 9 heteroatoms. The molecule has 0 aliphatic carbocycles. The Bertz CT molecular complexity index is 1390. The van der Waals surface area contributed by atoms with Gasteiger partial charge in [0.2, 0.25) is 5.91 Å². The van der Waals surface area contributed by atoms with Crippen molar-refractivity contribution < 1.29 is 24.2 Å². The van der Waals surface area contributed by atoms with Gasteiger partial charge in [-0.05, 0) is 60.0 Å². The van der Waals surface area contributed by atoms with Gasteiger partial charge in [0.25, 0.3) is 5.91 Å². The summed E-state index contributed by atoms with van der Waals surface area (Å²) in [6.45, 7) is 4.42. The summed E-state index contributed by atoms with van der Waals surface area (Å²) in [4.78, 5) is 40.9. The van der Waals surface area contributed by atoms with Gasteiger partial charge >= 0.3 is 5.97 Å². The standard InChI is InChI=1S/C31H32Cl2N2O5/c1-30(2)19-35(16-15-31(30,39)23-9-13-25(33)14-10-23)28(37)26(17-20-7-11-24(32)12-8-20)34-27(36)21-5-4-6-22(18-21)29(38)40-3/h4-14,18,26,39H,15-17,19H2,1-3H3,(H,34,36)/t26-,31+/m1/s1. The second-order valence-electron chi connectivity index (χ2n) is 10.7. The lowest BCUT2D eigenvalue weighted by Crippen LogP contribution is -2.60. The summed E-state index contributed by atoms with van der Waals surface area (Å²) in [5.74, 6) is -1.32. The average Bonchev–Trinajstić information content (AvgIpc) is 2.94. The van der Waals surface area contributed by atoms with Crippen LogP contribution in [0.5, 0.6) is 0 Å². The molecule has 1 heterocycles. The summed E-state index contributed by atoms with van der Waals surface area (Å²) >= 11 is 12.1. The minimum atomic E-state index is -1.17. The lowest BCUT2D eigenvalue weighted by atomic mass is 9.66. The Morgan fingerprint density at radius 2 is 1.57 bits per heavy atom. The first-order chi connectivity index (χ1) is 18.9. The van der Waals surface area contributed by atoms with Crippen LogP contribution >= 0.6 is 23.2 Å². The molecule has 0 aromatic heterocycles. The third kappa shape index (κ3) is 6.33. The highest BCUT2D eigenvalue weighted by atomic mass is 35.5. The largest absolute Gasteiger partial charge is 0.465 e. The number of carbonyl (C=O) groups is 3. The number of nitrogens with one attached hydrogen (secondary N) is 1. The van der Waals surface area contributed by atoms with Gasteiger partial charge in [0, 0.05) is 40.5 Å². The highest BCUT2D eigenvalue weighted by Gasteiger charge is 2.50. The van der Waals surface area contributed by atoms with Gasteiger partial charge in [0.15, 0.2) is 0 Å². The van der Waals surface area contributed by atoms with Crippen molar-refractivity contribution in [2.24, 2.45) is 5.41 Å². The number of piperidine rings is 1. The molecule has 1 aliphatic rings. The molecule has 0 bridgehead atoms. The van der Waals surface area contributed by atoms with Crippen molar-refractivity contribution in [2.45, 2.75) is 38.3 Å². The van der Waals surface area contributed by atoms with Gasteiger partial charge in [0.05, 0.1) is 18.3 Å². The zero-order chi connectivity index (χ0) is 29.1. The van der Waals surface area contributed by atoms with Crippen LogP contribution in [0.4, 0.5) is 0 Å². The maximum Gasteiger partial charge on any atom is 0.337 e. The molecule has 1 saturated heterocycles. The van der Waals surface area contributed by atoms with Crippen LogP contribution in [0.25, 0.3) is 0 Å². The molecule has 0 radical (unpaired) electrons. The van der Waals surface area contributed by atoms with Crippen LogP contribution in [0.2, 0.25) is 10.0 Å². The molecule has 40 heavy (non-hydrogen) atoms. The first kappa shape index (κ1) is 29.6. The monoisotopic (exact) mass is 582 g/mol. The van der Waals surface area contributed by atoms with Gasteiger partial charge in [0.1, 0.15) is 6.04 Å². The van der Waals surface area contributed by atoms with Crippen molar-refractivity contribution in [1.82, 2.24) is 10.2 Å². The lowest BCUT2D eigenvalue weighted by Gasteiger charge is -2.51. The van der Waals surface area contributed by atoms with E-state index < -0.39 is 28.9 Å². The first-order valence-electron chi connectivity index (χ1n) is 12.9. The summed E-state index contributed by atoms with van der Waals surface area (Å²) in [5.41, 5.74) is 0.157. The van der Waals surface area contributed by atoms with Gasteiger partial charge in [-0.2, -0.15) is 0 Å².